The summed E-state index contributed by atoms with van der Waals surface area (Å²) >= 11 is -2.29. The first-order chi connectivity index (χ1) is 17.3. The topological polar surface area (TPSA) is 107 Å². The molecule has 36 heavy (non-hydrogen) atoms. The lowest BCUT2D eigenvalue weighted by Gasteiger charge is -2.35. The van der Waals surface area contributed by atoms with Crippen LogP contribution in [0.4, 0.5) is 5.69 Å². The zero-order valence-electron chi connectivity index (χ0n) is 20.1. The Morgan fingerprint density at radius 2 is 1.75 bits per heavy atom. The molecule has 2 N–H and O–H groups in total. The average Bonchev–Trinajstić information content (AvgIpc) is 2.87. The zero-order valence-corrected chi connectivity index (χ0v) is 20.9. The number of carboxylic acid groups (broad SMARTS) is 1. The Bertz CT molecular complexity index is 1290. The van der Waals surface area contributed by atoms with Gasteiger partial charge >= 0.3 is 5.97 Å². The van der Waals surface area contributed by atoms with Crippen LogP contribution >= 0.6 is 0 Å². The largest absolute Gasteiger partial charge is 0.482 e. The van der Waals surface area contributed by atoms with Gasteiger partial charge in [-0.05, 0) is 71.8 Å². The molecular formula is C27H28N2O6S. The highest BCUT2D eigenvalue weighted by Gasteiger charge is 2.31. The minimum absolute atomic E-state index is 0.0852. The van der Waals surface area contributed by atoms with Gasteiger partial charge in [-0.1, -0.05) is 36.4 Å². The fourth-order valence-electron chi connectivity index (χ4n) is 4.58. The van der Waals surface area contributed by atoms with Crippen molar-refractivity contribution in [2.45, 2.75) is 25.3 Å². The molecule has 8 nitrogen and oxygen atoms in total. The van der Waals surface area contributed by atoms with Gasteiger partial charge in [0.15, 0.2) is 6.61 Å². The number of carboxylic acids is 1. The van der Waals surface area contributed by atoms with Crippen LogP contribution in [-0.4, -0.2) is 51.3 Å². The molecule has 0 radical (unpaired) electrons. The molecule has 2 unspecified atom stereocenters. The van der Waals surface area contributed by atoms with E-state index in [1.807, 2.05) is 36.4 Å². The summed E-state index contributed by atoms with van der Waals surface area (Å²) in [5.41, 5.74) is 4.63. The van der Waals surface area contributed by atoms with Gasteiger partial charge in [0.25, 0.3) is 17.2 Å². The quantitative estimate of drug-likeness (QED) is 0.433. The molecule has 0 saturated carbocycles. The van der Waals surface area contributed by atoms with Crippen molar-refractivity contribution in [3.8, 4) is 16.9 Å². The second-order valence-electron chi connectivity index (χ2n) is 8.80. The van der Waals surface area contributed by atoms with Crippen molar-refractivity contribution >= 4 is 28.8 Å². The molecule has 1 amide bonds. The van der Waals surface area contributed by atoms with Gasteiger partial charge in [-0.15, -0.1) is 0 Å². The van der Waals surface area contributed by atoms with E-state index >= 15 is 0 Å². The molecule has 1 aliphatic carbocycles. The van der Waals surface area contributed by atoms with E-state index in [0.29, 0.717) is 29.8 Å². The number of carbonyl (C=O) groups excluding carboxylic acids is 1. The lowest BCUT2D eigenvalue weighted by Crippen LogP contribution is -2.33. The third-order valence-corrected chi connectivity index (χ3v) is 7.01. The van der Waals surface area contributed by atoms with E-state index in [0.717, 1.165) is 28.7 Å². The predicted molar refractivity (Wildman–Crippen MR) is 138 cm³/mol. The highest BCUT2D eigenvalue weighted by molar-refractivity contribution is 7.80. The highest BCUT2D eigenvalue weighted by Crippen LogP contribution is 2.41. The van der Waals surface area contributed by atoms with Crippen LogP contribution in [0, 0.1) is 0 Å². The van der Waals surface area contributed by atoms with Crippen LogP contribution in [0.15, 0.2) is 66.7 Å². The van der Waals surface area contributed by atoms with Gasteiger partial charge in [0.05, 0.1) is 11.7 Å². The summed E-state index contributed by atoms with van der Waals surface area (Å²) in [7, 11) is 3.41. The summed E-state index contributed by atoms with van der Waals surface area (Å²) in [5, 5.41) is 8.99. The summed E-state index contributed by atoms with van der Waals surface area (Å²) in [6.07, 6.45) is 2.14. The van der Waals surface area contributed by atoms with Gasteiger partial charge in [-0.2, -0.15) is 0 Å². The second kappa shape index (κ2) is 10.9. The highest BCUT2D eigenvalue weighted by atomic mass is 32.2. The van der Waals surface area contributed by atoms with Crippen molar-refractivity contribution in [3.63, 3.8) is 0 Å². The van der Waals surface area contributed by atoms with Gasteiger partial charge in [0.2, 0.25) is 0 Å². The van der Waals surface area contributed by atoms with E-state index in [-0.39, 0.29) is 11.9 Å². The third kappa shape index (κ3) is 5.42. The number of rotatable bonds is 8. The molecule has 0 heterocycles. The summed E-state index contributed by atoms with van der Waals surface area (Å²) in [4.78, 5) is 24.8. The molecule has 188 valence electrons. The predicted octanol–water partition coefficient (Wildman–Crippen LogP) is 4.54. The Hall–Kier alpha value is -3.69. The van der Waals surface area contributed by atoms with Crippen molar-refractivity contribution in [2.24, 2.45) is 0 Å². The number of amides is 1. The molecular weight excluding hydrogens is 480 g/mol. The smallest absolute Gasteiger partial charge is 0.341 e. The first-order valence-corrected chi connectivity index (χ1v) is 12.6. The first kappa shape index (κ1) is 25.4. The normalized spacial score (nSPS) is 15.5. The zero-order chi connectivity index (χ0) is 25.8. The molecule has 0 aromatic heterocycles. The van der Waals surface area contributed by atoms with Gasteiger partial charge in [0.1, 0.15) is 5.75 Å². The molecule has 9 heteroatoms. The maximum Gasteiger partial charge on any atom is 0.341 e. The van der Waals surface area contributed by atoms with E-state index < -0.39 is 23.8 Å². The van der Waals surface area contributed by atoms with Gasteiger partial charge in [-0.3, -0.25) is 13.7 Å². The Balaban J connectivity index is 1.64. The van der Waals surface area contributed by atoms with Crippen LogP contribution in [0.25, 0.3) is 11.1 Å². The third-order valence-electron chi connectivity index (χ3n) is 6.21. The molecule has 3 aromatic carbocycles. The lowest BCUT2D eigenvalue weighted by atomic mass is 9.87. The Morgan fingerprint density at radius 3 is 2.42 bits per heavy atom. The molecule has 0 aliphatic heterocycles. The number of fused-ring (bicyclic) bond motifs is 1. The SMILES string of the molecule is CN(C)C(=O)c1cccc(-c2ccc(N(C3CCCc4c(OCC(=O)O)cccc43)S(=O)O)cc2)c1. The number of benzene rings is 3. The van der Waals surface area contributed by atoms with Crippen LogP contribution in [0.2, 0.25) is 0 Å². The Kier molecular flexibility index (Phi) is 7.71. The van der Waals surface area contributed by atoms with E-state index in [1.54, 1.807) is 44.4 Å². The number of aliphatic carboxylic acids is 1. The van der Waals surface area contributed by atoms with Crippen molar-refractivity contribution in [1.29, 1.82) is 0 Å². The number of hydrogen-bond acceptors (Lipinski definition) is 4. The Morgan fingerprint density at radius 1 is 1.03 bits per heavy atom. The summed E-state index contributed by atoms with van der Waals surface area (Å²) in [6, 6.07) is 19.7. The van der Waals surface area contributed by atoms with E-state index in [1.165, 1.54) is 9.21 Å². The maximum atomic E-state index is 12.5. The monoisotopic (exact) mass is 508 g/mol. The number of anilines is 1. The van der Waals surface area contributed by atoms with Crippen LogP contribution in [0.3, 0.4) is 0 Å². The van der Waals surface area contributed by atoms with Gasteiger partial charge in [0, 0.05) is 19.7 Å². The molecule has 2 atom stereocenters. The van der Waals surface area contributed by atoms with E-state index in [4.69, 9.17) is 9.84 Å². The number of hydrogen-bond donors (Lipinski definition) is 2. The summed E-state index contributed by atoms with van der Waals surface area (Å²) in [5.74, 6) is -0.654. The Labute approximate surface area is 212 Å². The fourth-order valence-corrected chi connectivity index (χ4v) is 5.32. The molecule has 1 aliphatic rings. The van der Waals surface area contributed by atoms with Crippen LogP contribution in [0.1, 0.15) is 40.4 Å². The average molecular weight is 509 g/mol. The van der Waals surface area contributed by atoms with Crippen LogP contribution < -0.4 is 9.04 Å². The van der Waals surface area contributed by atoms with Crippen molar-refractivity contribution in [1.82, 2.24) is 4.90 Å². The molecule has 0 spiro atoms. The minimum Gasteiger partial charge on any atom is -0.482 e. The molecule has 3 aromatic rings. The van der Waals surface area contributed by atoms with Gasteiger partial charge < -0.3 is 14.7 Å². The molecule has 0 bridgehead atoms. The standard InChI is InChI=1S/C27H28N2O6S/c1-28(2)27(32)20-7-3-6-19(16-20)18-12-14-21(15-13-18)29(36(33)34)24-10-4-9-23-22(24)8-5-11-25(23)35-17-26(30)31/h3,5-8,11-16,24H,4,9-10,17H2,1-2H3,(H,30,31)(H,33,34). The summed E-state index contributed by atoms with van der Waals surface area (Å²) in [6.45, 7) is -0.445. The van der Waals surface area contributed by atoms with E-state index in [2.05, 4.69) is 0 Å². The number of ether oxygens (including phenoxy) is 1. The fraction of sp³-hybridized carbons (Fsp3) is 0.259. The molecule has 0 fully saturated rings. The molecule has 4 rings (SSSR count). The van der Waals surface area contributed by atoms with Crippen molar-refractivity contribution in [3.05, 3.63) is 83.4 Å². The first-order valence-electron chi connectivity index (χ1n) is 11.5. The van der Waals surface area contributed by atoms with E-state index in [9.17, 15) is 18.4 Å². The van der Waals surface area contributed by atoms with Crippen molar-refractivity contribution in [2.75, 3.05) is 25.0 Å². The number of carbonyl (C=O) groups is 2. The maximum absolute atomic E-state index is 12.5. The minimum atomic E-state index is -2.29. The van der Waals surface area contributed by atoms with Crippen LogP contribution in [0.5, 0.6) is 5.75 Å². The van der Waals surface area contributed by atoms with Gasteiger partial charge in [-0.25, -0.2) is 9.00 Å². The number of nitrogens with zero attached hydrogens (tertiary/aromatic N) is 2. The lowest BCUT2D eigenvalue weighted by molar-refractivity contribution is -0.139. The molecule has 0 saturated heterocycles. The van der Waals surface area contributed by atoms with Crippen molar-refractivity contribution < 1.29 is 28.2 Å². The second-order valence-corrected chi connectivity index (χ2v) is 9.65. The summed E-state index contributed by atoms with van der Waals surface area (Å²) < 4.78 is 29.8. The van der Waals surface area contributed by atoms with Crippen LogP contribution in [-0.2, 0) is 22.5 Å².